The molecule has 0 spiro atoms. The predicted octanol–water partition coefficient (Wildman–Crippen LogP) is 3.87. The highest BCUT2D eigenvalue weighted by atomic mass is 16.5. The quantitative estimate of drug-likeness (QED) is 0.555. The number of benzene rings is 1. The average Bonchev–Trinajstić information content (AvgIpc) is 2.95. The standard InChI is InChI=1S/C20H20N2O3/c1-12(2)9-11-25-19-18(24-3)16-17-14(8-10-21-16)13-6-4-5-7-15(13)22(17)20(19)23/h4-8,10,12H,9,11H2,1-3H3. The molecule has 0 radical (unpaired) electrons. The number of pyridine rings is 2. The number of para-hydroxylation sites is 1. The lowest BCUT2D eigenvalue weighted by atomic mass is 10.1. The first-order valence-corrected chi connectivity index (χ1v) is 8.47. The van der Waals surface area contributed by atoms with Gasteiger partial charge >= 0.3 is 5.56 Å². The number of hydrogen-bond donors (Lipinski definition) is 0. The molecule has 0 saturated heterocycles. The summed E-state index contributed by atoms with van der Waals surface area (Å²) < 4.78 is 13.1. The zero-order chi connectivity index (χ0) is 17.6. The van der Waals surface area contributed by atoms with E-state index in [4.69, 9.17) is 9.47 Å². The Bertz CT molecular complexity index is 1110. The van der Waals surface area contributed by atoms with E-state index in [1.165, 1.54) is 0 Å². The maximum Gasteiger partial charge on any atom is 0.302 e. The van der Waals surface area contributed by atoms with Gasteiger partial charge in [0.05, 0.1) is 24.8 Å². The Hall–Kier alpha value is -2.82. The summed E-state index contributed by atoms with van der Waals surface area (Å²) in [6.07, 6.45) is 2.61. The van der Waals surface area contributed by atoms with Crippen LogP contribution in [-0.2, 0) is 0 Å². The summed E-state index contributed by atoms with van der Waals surface area (Å²) in [5.74, 6) is 1.14. The Kier molecular flexibility index (Phi) is 3.71. The van der Waals surface area contributed by atoms with Gasteiger partial charge in [-0.25, -0.2) is 0 Å². The molecule has 0 amide bonds. The van der Waals surface area contributed by atoms with Gasteiger partial charge in [0.2, 0.25) is 5.75 Å². The third kappa shape index (κ3) is 2.30. The van der Waals surface area contributed by atoms with Crippen LogP contribution in [0, 0.1) is 5.92 Å². The lowest BCUT2D eigenvalue weighted by molar-refractivity contribution is 0.270. The number of hydrogen-bond acceptors (Lipinski definition) is 4. The molecule has 0 unspecified atom stereocenters. The van der Waals surface area contributed by atoms with Crippen molar-refractivity contribution in [3.8, 4) is 11.5 Å². The Balaban J connectivity index is 2.08. The number of aromatic nitrogens is 2. The summed E-state index contributed by atoms with van der Waals surface area (Å²) in [5, 5.41) is 2.01. The second-order valence-electron chi connectivity index (χ2n) is 6.61. The van der Waals surface area contributed by atoms with Crippen LogP contribution in [0.25, 0.3) is 27.3 Å². The van der Waals surface area contributed by atoms with E-state index >= 15 is 0 Å². The Morgan fingerprint density at radius 3 is 2.68 bits per heavy atom. The summed E-state index contributed by atoms with van der Waals surface area (Å²) >= 11 is 0. The molecule has 3 heterocycles. The predicted molar refractivity (Wildman–Crippen MR) is 99.2 cm³/mol. The smallest absolute Gasteiger partial charge is 0.302 e. The SMILES string of the molecule is COc1c(OCCC(C)C)c(=O)n2c3ccccc3c3ccnc1c32. The van der Waals surface area contributed by atoms with Gasteiger partial charge in [-0.15, -0.1) is 0 Å². The Morgan fingerprint density at radius 1 is 1.12 bits per heavy atom. The number of ether oxygens (including phenoxy) is 2. The summed E-state index contributed by atoms with van der Waals surface area (Å²) in [6, 6.07) is 9.80. The van der Waals surface area contributed by atoms with Crippen molar-refractivity contribution in [3.05, 3.63) is 46.9 Å². The molecule has 0 saturated carbocycles. The molecule has 25 heavy (non-hydrogen) atoms. The van der Waals surface area contributed by atoms with Crippen LogP contribution in [0.2, 0.25) is 0 Å². The molecule has 5 nitrogen and oxygen atoms in total. The van der Waals surface area contributed by atoms with Gasteiger partial charge in [0.1, 0.15) is 5.52 Å². The Morgan fingerprint density at radius 2 is 1.92 bits per heavy atom. The molecule has 0 bridgehead atoms. The molecular weight excluding hydrogens is 316 g/mol. The van der Waals surface area contributed by atoms with Gasteiger partial charge in [-0.3, -0.25) is 14.2 Å². The van der Waals surface area contributed by atoms with Crippen molar-refractivity contribution in [2.75, 3.05) is 13.7 Å². The van der Waals surface area contributed by atoms with Gasteiger partial charge in [-0.1, -0.05) is 32.0 Å². The summed E-state index contributed by atoms with van der Waals surface area (Å²) in [5.41, 5.74) is 2.08. The lowest BCUT2D eigenvalue weighted by Gasteiger charge is -2.13. The molecule has 0 N–H and O–H groups in total. The van der Waals surface area contributed by atoms with E-state index in [0.717, 1.165) is 28.2 Å². The van der Waals surface area contributed by atoms with Crippen LogP contribution in [0.15, 0.2) is 41.3 Å². The first kappa shape index (κ1) is 15.7. The molecular formula is C20H20N2O3. The van der Waals surface area contributed by atoms with E-state index in [9.17, 15) is 4.79 Å². The van der Waals surface area contributed by atoms with E-state index in [1.807, 2.05) is 30.3 Å². The zero-order valence-corrected chi connectivity index (χ0v) is 14.6. The molecule has 0 aliphatic heterocycles. The number of rotatable bonds is 5. The number of methoxy groups -OCH3 is 1. The minimum Gasteiger partial charge on any atom is -0.491 e. The van der Waals surface area contributed by atoms with Crippen LogP contribution < -0.4 is 15.0 Å². The summed E-state index contributed by atoms with van der Waals surface area (Å²) in [4.78, 5) is 17.7. The van der Waals surface area contributed by atoms with E-state index in [-0.39, 0.29) is 11.3 Å². The van der Waals surface area contributed by atoms with Gasteiger partial charge in [0, 0.05) is 17.0 Å². The average molecular weight is 336 g/mol. The highest BCUT2D eigenvalue weighted by Crippen LogP contribution is 2.37. The fourth-order valence-electron chi connectivity index (χ4n) is 3.31. The van der Waals surface area contributed by atoms with E-state index < -0.39 is 0 Å². The van der Waals surface area contributed by atoms with Crippen molar-refractivity contribution in [2.24, 2.45) is 5.92 Å². The summed E-state index contributed by atoms with van der Waals surface area (Å²) in [7, 11) is 1.55. The number of nitrogens with zero attached hydrogens (tertiary/aromatic N) is 2. The van der Waals surface area contributed by atoms with Crippen LogP contribution in [0.3, 0.4) is 0 Å². The van der Waals surface area contributed by atoms with Crippen LogP contribution in [-0.4, -0.2) is 23.1 Å². The largest absolute Gasteiger partial charge is 0.491 e. The topological polar surface area (TPSA) is 52.8 Å². The van der Waals surface area contributed by atoms with E-state index in [2.05, 4.69) is 18.8 Å². The highest BCUT2D eigenvalue weighted by molar-refractivity contribution is 6.14. The van der Waals surface area contributed by atoms with Gasteiger partial charge < -0.3 is 9.47 Å². The molecule has 4 rings (SSSR count). The van der Waals surface area contributed by atoms with Crippen molar-refractivity contribution in [1.82, 2.24) is 9.38 Å². The Labute approximate surface area is 145 Å². The molecule has 0 aliphatic rings. The third-order valence-electron chi connectivity index (χ3n) is 4.55. The second-order valence-corrected chi connectivity index (χ2v) is 6.61. The lowest BCUT2D eigenvalue weighted by Crippen LogP contribution is -2.18. The molecule has 5 heteroatoms. The molecule has 128 valence electrons. The first-order valence-electron chi connectivity index (χ1n) is 8.47. The highest BCUT2D eigenvalue weighted by Gasteiger charge is 2.23. The monoisotopic (exact) mass is 336 g/mol. The first-order chi connectivity index (χ1) is 12.1. The minimum atomic E-state index is -0.202. The van der Waals surface area contributed by atoms with E-state index in [1.54, 1.807) is 17.7 Å². The maximum atomic E-state index is 13.2. The van der Waals surface area contributed by atoms with Crippen molar-refractivity contribution in [3.63, 3.8) is 0 Å². The van der Waals surface area contributed by atoms with Gasteiger partial charge in [-0.05, 0) is 24.5 Å². The van der Waals surface area contributed by atoms with Crippen LogP contribution >= 0.6 is 0 Å². The molecule has 0 fully saturated rings. The van der Waals surface area contributed by atoms with Crippen molar-refractivity contribution in [1.29, 1.82) is 0 Å². The molecule has 0 aliphatic carbocycles. The molecule has 3 aromatic heterocycles. The molecule has 0 atom stereocenters. The van der Waals surface area contributed by atoms with Crippen molar-refractivity contribution in [2.45, 2.75) is 20.3 Å². The van der Waals surface area contributed by atoms with Gasteiger partial charge in [0.25, 0.3) is 0 Å². The molecule has 4 aromatic rings. The third-order valence-corrected chi connectivity index (χ3v) is 4.55. The maximum absolute atomic E-state index is 13.2. The number of fused-ring (bicyclic) bond motifs is 3. The van der Waals surface area contributed by atoms with Crippen molar-refractivity contribution < 1.29 is 9.47 Å². The van der Waals surface area contributed by atoms with E-state index in [0.29, 0.717) is 23.8 Å². The minimum absolute atomic E-state index is 0.202. The fraction of sp³-hybridized carbons (Fsp3) is 0.300. The van der Waals surface area contributed by atoms with Crippen LogP contribution in [0.4, 0.5) is 0 Å². The molecule has 1 aromatic carbocycles. The van der Waals surface area contributed by atoms with Gasteiger partial charge in [-0.2, -0.15) is 0 Å². The van der Waals surface area contributed by atoms with Crippen molar-refractivity contribution >= 4 is 27.3 Å². The van der Waals surface area contributed by atoms with Crippen LogP contribution in [0.1, 0.15) is 20.3 Å². The second kappa shape index (κ2) is 5.92. The zero-order valence-electron chi connectivity index (χ0n) is 14.6. The summed E-state index contributed by atoms with van der Waals surface area (Å²) in [6.45, 7) is 4.71. The normalized spacial score (nSPS) is 11.8. The van der Waals surface area contributed by atoms with Gasteiger partial charge in [0.15, 0.2) is 5.75 Å². The van der Waals surface area contributed by atoms with Crippen LogP contribution in [0.5, 0.6) is 11.5 Å². The fourth-order valence-corrected chi connectivity index (χ4v) is 3.31.